The smallest absolute Gasteiger partial charge is 0.239 e. The van der Waals surface area contributed by atoms with Crippen molar-refractivity contribution in [3.63, 3.8) is 0 Å². The number of benzene rings is 2. The lowest BCUT2D eigenvalue weighted by molar-refractivity contribution is -0.121. The molecule has 3 N–H and O–H groups in total. The van der Waals surface area contributed by atoms with Crippen LogP contribution in [0.5, 0.6) is 0 Å². The SMILES string of the molecule is Cc1ccc(S(=O)(=O)CCC(=O)NNC(=S)Nc2ccc(F)cc2)cc1. The topological polar surface area (TPSA) is 87.3 Å². The number of halogens is 1. The number of amides is 1. The van der Waals surface area contributed by atoms with Crippen LogP contribution in [0.3, 0.4) is 0 Å². The van der Waals surface area contributed by atoms with E-state index in [0.717, 1.165) is 5.56 Å². The zero-order chi connectivity index (χ0) is 19.2. The third-order valence-electron chi connectivity index (χ3n) is 3.40. The second kappa shape index (κ2) is 8.72. The number of hydrazine groups is 1. The van der Waals surface area contributed by atoms with Crippen LogP contribution < -0.4 is 16.2 Å². The van der Waals surface area contributed by atoms with E-state index in [0.29, 0.717) is 5.69 Å². The second-order valence-electron chi connectivity index (χ2n) is 5.52. The predicted molar refractivity (Wildman–Crippen MR) is 102 cm³/mol. The summed E-state index contributed by atoms with van der Waals surface area (Å²) in [6, 6.07) is 11.9. The Morgan fingerprint density at radius 1 is 1.04 bits per heavy atom. The van der Waals surface area contributed by atoms with Crippen molar-refractivity contribution in [2.45, 2.75) is 18.2 Å². The maximum Gasteiger partial charge on any atom is 0.239 e. The summed E-state index contributed by atoms with van der Waals surface area (Å²) in [4.78, 5) is 12.0. The van der Waals surface area contributed by atoms with Crippen molar-refractivity contribution in [2.75, 3.05) is 11.1 Å². The van der Waals surface area contributed by atoms with Gasteiger partial charge in [0.2, 0.25) is 5.91 Å². The summed E-state index contributed by atoms with van der Waals surface area (Å²) in [5.74, 6) is -1.22. The molecule has 0 radical (unpaired) electrons. The Hall–Kier alpha value is -2.52. The summed E-state index contributed by atoms with van der Waals surface area (Å²) in [5, 5.41) is 2.84. The van der Waals surface area contributed by atoms with Gasteiger partial charge < -0.3 is 5.32 Å². The molecule has 0 aromatic heterocycles. The highest BCUT2D eigenvalue weighted by molar-refractivity contribution is 7.91. The van der Waals surface area contributed by atoms with Crippen molar-refractivity contribution in [3.05, 3.63) is 59.9 Å². The van der Waals surface area contributed by atoms with Gasteiger partial charge in [-0.1, -0.05) is 17.7 Å². The van der Waals surface area contributed by atoms with Gasteiger partial charge in [-0.2, -0.15) is 0 Å². The lowest BCUT2D eigenvalue weighted by atomic mass is 10.2. The largest absolute Gasteiger partial charge is 0.331 e. The Labute approximate surface area is 156 Å². The van der Waals surface area contributed by atoms with Gasteiger partial charge >= 0.3 is 0 Å². The summed E-state index contributed by atoms with van der Waals surface area (Å²) in [7, 11) is -3.54. The number of nitrogens with one attached hydrogen (secondary N) is 3. The molecule has 0 saturated heterocycles. The Bertz CT molecular complexity index is 882. The fraction of sp³-hybridized carbons (Fsp3) is 0.176. The summed E-state index contributed by atoms with van der Waals surface area (Å²) < 4.78 is 37.2. The summed E-state index contributed by atoms with van der Waals surface area (Å²) >= 11 is 4.98. The van der Waals surface area contributed by atoms with Crippen LogP contribution in [0.4, 0.5) is 10.1 Å². The van der Waals surface area contributed by atoms with Gasteiger partial charge in [-0.15, -0.1) is 0 Å². The molecular weight excluding hydrogens is 377 g/mol. The minimum Gasteiger partial charge on any atom is -0.331 e. The molecule has 0 aliphatic heterocycles. The first-order valence-corrected chi connectivity index (χ1v) is 9.73. The van der Waals surface area contributed by atoms with Crippen LogP contribution >= 0.6 is 12.2 Å². The third kappa shape index (κ3) is 6.08. The van der Waals surface area contributed by atoms with Crippen molar-refractivity contribution in [2.24, 2.45) is 0 Å². The number of carbonyl (C=O) groups excluding carboxylic acids is 1. The molecule has 0 saturated carbocycles. The molecule has 2 aromatic carbocycles. The van der Waals surface area contributed by atoms with Crippen LogP contribution in [0.25, 0.3) is 0 Å². The number of carbonyl (C=O) groups is 1. The summed E-state index contributed by atoms with van der Waals surface area (Å²) in [5.41, 5.74) is 6.27. The first-order valence-electron chi connectivity index (χ1n) is 7.67. The zero-order valence-electron chi connectivity index (χ0n) is 14.0. The van der Waals surface area contributed by atoms with E-state index in [9.17, 15) is 17.6 Å². The maximum absolute atomic E-state index is 12.8. The molecule has 0 spiro atoms. The Kier molecular flexibility index (Phi) is 6.64. The first kappa shape index (κ1) is 19.8. The molecule has 9 heteroatoms. The van der Waals surface area contributed by atoms with Crippen molar-refractivity contribution < 1.29 is 17.6 Å². The number of anilines is 1. The molecule has 2 rings (SSSR count). The minimum absolute atomic E-state index is 0.0892. The van der Waals surface area contributed by atoms with E-state index in [-0.39, 0.29) is 28.0 Å². The van der Waals surface area contributed by atoms with Gasteiger partial charge in [-0.25, -0.2) is 12.8 Å². The first-order chi connectivity index (χ1) is 12.3. The van der Waals surface area contributed by atoms with E-state index in [4.69, 9.17) is 12.2 Å². The number of sulfone groups is 1. The molecule has 0 aliphatic carbocycles. The van der Waals surface area contributed by atoms with Crippen LogP contribution in [-0.4, -0.2) is 25.2 Å². The maximum atomic E-state index is 12.8. The number of thiocarbonyl (C=S) groups is 1. The second-order valence-corrected chi connectivity index (χ2v) is 8.03. The zero-order valence-corrected chi connectivity index (χ0v) is 15.6. The molecule has 138 valence electrons. The highest BCUT2D eigenvalue weighted by atomic mass is 32.2. The number of rotatable bonds is 5. The van der Waals surface area contributed by atoms with Crippen LogP contribution in [-0.2, 0) is 14.6 Å². The Morgan fingerprint density at radius 2 is 1.65 bits per heavy atom. The normalized spacial score (nSPS) is 10.8. The van der Waals surface area contributed by atoms with E-state index in [1.807, 2.05) is 6.92 Å². The summed E-state index contributed by atoms with van der Waals surface area (Å²) in [6.07, 6.45) is -0.220. The van der Waals surface area contributed by atoms with Crippen LogP contribution in [0.15, 0.2) is 53.4 Å². The Balaban J connectivity index is 1.78. The van der Waals surface area contributed by atoms with Crippen LogP contribution in [0, 0.1) is 12.7 Å². The third-order valence-corrected chi connectivity index (χ3v) is 5.33. The van der Waals surface area contributed by atoms with Crippen molar-refractivity contribution in [3.8, 4) is 0 Å². The highest BCUT2D eigenvalue weighted by Gasteiger charge is 2.16. The van der Waals surface area contributed by atoms with Gasteiger partial charge in [-0.05, 0) is 55.5 Å². The van der Waals surface area contributed by atoms with E-state index in [2.05, 4.69) is 16.2 Å². The van der Waals surface area contributed by atoms with E-state index >= 15 is 0 Å². The number of hydrogen-bond donors (Lipinski definition) is 3. The fourth-order valence-electron chi connectivity index (χ4n) is 1.98. The van der Waals surface area contributed by atoms with Gasteiger partial charge in [0.15, 0.2) is 14.9 Å². The molecule has 0 aliphatic rings. The van der Waals surface area contributed by atoms with E-state index in [1.165, 1.54) is 36.4 Å². The van der Waals surface area contributed by atoms with Crippen LogP contribution in [0.2, 0.25) is 0 Å². The molecule has 0 heterocycles. The molecule has 26 heavy (non-hydrogen) atoms. The number of aryl methyl sites for hydroxylation is 1. The average Bonchev–Trinajstić information content (AvgIpc) is 2.61. The highest BCUT2D eigenvalue weighted by Crippen LogP contribution is 2.13. The molecule has 0 fully saturated rings. The van der Waals surface area contributed by atoms with Crippen LogP contribution in [0.1, 0.15) is 12.0 Å². The molecule has 6 nitrogen and oxygen atoms in total. The summed E-state index contributed by atoms with van der Waals surface area (Å²) in [6.45, 7) is 1.86. The standard InChI is InChI=1S/C17H18FN3O3S2/c1-12-2-8-15(9-3-12)26(23,24)11-10-16(22)20-21-17(25)19-14-6-4-13(18)5-7-14/h2-9H,10-11H2,1H3,(H,20,22)(H2,19,21,25). The van der Waals surface area contributed by atoms with Gasteiger partial charge in [0.25, 0.3) is 0 Å². The van der Waals surface area contributed by atoms with Crippen molar-refractivity contribution in [1.29, 1.82) is 0 Å². The minimum atomic E-state index is -3.54. The van der Waals surface area contributed by atoms with E-state index in [1.54, 1.807) is 12.1 Å². The van der Waals surface area contributed by atoms with Gasteiger partial charge in [0, 0.05) is 12.1 Å². The predicted octanol–water partition coefficient (Wildman–Crippen LogP) is 2.32. The van der Waals surface area contributed by atoms with Gasteiger partial charge in [0.1, 0.15) is 5.82 Å². The van der Waals surface area contributed by atoms with Crippen molar-refractivity contribution >= 4 is 38.8 Å². The van der Waals surface area contributed by atoms with Gasteiger partial charge in [-0.3, -0.25) is 15.6 Å². The molecule has 0 atom stereocenters. The molecular formula is C17H18FN3O3S2. The lowest BCUT2D eigenvalue weighted by Gasteiger charge is -2.11. The van der Waals surface area contributed by atoms with Gasteiger partial charge in [0.05, 0.1) is 10.6 Å². The molecule has 1 amide bonds. The monoisotopic (exact) mass is 395 g/mol. The molecule has 0 unspecified atom stereocenters. The van der Waals surface area contributed by atoms with Crippen molar-refractivity contribution in [1.82, 2.24) is 10.9 Å². The fourth-order valence-corrected chi connectivity index (χ4v) is 3.38. The number of hydrogen-bond acceptors (Lipinski definition) is 4. The average molecular weight is 395 g/mol. The quantitative estimate of drug-likeness (QED) is 0.532. The Morgan fingerprint density at radius 3 is 2.27 bits per heavy atom. The molecule has 2 aromatic rings. The van der Waals surface area contributed by atoms with E-state index < -0.39 is 15.7 Å². The molecule has 0 bridgehead atoms. The lowest BCUT2D eigenvalue weighted by Crippen LogP contribution is -2.44.